The molecule has 0 spiro atoms. The lowest BCUT2D eigenvalue weighted by Crippen LogP contribution is -2.15. The highest BCUT2D eigenvalue weighted by Crippen LogP contribution is 2.19. The summed E-state index contributed by atoms with van der Waals surface area (Å²) in [6.07, 6.45) is 1.49. The summed E-state index contributed by atoms with van der Waals surface area (Å²) in [6.45, 7) is 1.93. The molecule has 7 nitrogen and oxygen atoms in total. The van der Waals surface area contributed by atoms with Crippen molar-refractivity contribution in [1.82, 2.24) is 10.1 Å². The SMILES string of the molecule is Cc1cc(CS(=O)(=O)Nc2ncc(C#CCN)s2)no1. The Balaban J connectivity index is 2.06. The van der Waals surface area contributed by atoms with E-state index in [1.165, 1.54) is 6.20 Å². The number of nitrogens with two attached hydrogens (primary N) is 1. The molecule has 0 saturated heterocycles. The van der Waals surface area contributed by atoms with Gasteiger partial charge in [0.25, 0.3) is 0 Å². The smallest absolute Gasteiger partial charge is 0.240 e. The molecular formula is C11H12N4O3S2. The monoisotopic (exact) mass is 312 g/mol. The minimum absolute atomic E-state index is 0.241. The maximum atomic E-state index is 11.9. The Kier molecular flexibility index (Phi) is 4.39. The largest absolute Gasteiger partial charge is 0.361 e. The average Bonchev–Trinajstić information content (AvgIpc) is 2.95. The number of sulfonamides is 1. The van der Waals surface area contributed by atoms with Gasteiger partial charge in [-0.15, -0.1) is 0 Å². The summed E-state index contributed by atoms with van der Waals surface area (Å²) in [5.41, 5.74) is 5.60. The molecule has 0 unspecified atom stereocenters. The Morgan fingerprint density at radius 3 is 3.00 bits per heavy atom. The van der Waals surface area contributed by atoms with Crippen LogP contribution in [0.2, 0.25) is 0 Å². The lowest BCUT2D eigenvalue weighted by atomic mass is 10.4. The third kappa shape index (κ3) is 4.06. The van der Waals surface area contributed by atoms with Crippen LogP contribution in [0.25, 0.3) is 0 Å². The van der Waals surface area contributed by atoms with E-state index in [1.54, 1.807) is 13.0 Å². The van der Waals surface area contributed by atoms with Crippen LogP contribution in [-0.4, -0.2) is 25.1 Å². The predicted molar refractivity (Wildman–Crippen MR) is 75.5 cm³/mol. The van der Waals surface area contributed by atoms with Crippen molar-refractivity contribution in [2.24, 2.45) is 5.73 Å². The van der Waals surface area contributed by atoms with Gasteiger partial charge in [0.1, 0.15) is 17.2 Å². The van der Waals surface area contributed by atoms with E-state index in [0.717, 1.165) is 11.3 Å². The molecule has 0 amide bonds. The highest BCUT2D eigenvalue weighted by molar-refractivity contribution is 7.92. The Morgan fingerprint density at radius 2 is 2.35 bits per heavy atom. The molecule has 20 heavy (non-hydrogen) atoms. The number of nitrogens with zero attached hydrogens (tertiary/aromatic N) is 2. The van der Waals surface area contributed by atoms with Crippen LogP contribution in [0.1, 0.15) is 16.3 Å². The fourth-order valence-electron chi connectivity index (χ4n) is 1.37. The number of hydrogen-bond acceptors (Lipinski definition) is 7. The van der Waals surface area contributed by atoms with E-state index >= 15 is 0 Å². The molecule has 106 valence electrons. The molecule has 2 aromatic rings. The zero-order valence-electron chi connectivity index (χ0n) is 10.6. The average molecular weight is 312 g/mol. The highest BCUT2D eigenvalue weighted by atomic mass is 32.2. The van der Waals surface area contributed by atoms with Crippen LogP contribution in [0.15, 0.2) is 16.8 Å². The van der Waals surface area contributed by atoms with Gasteiger partial charge < -0.3 is 10.3 Å². The third-order valence-corrected chi connectivity index (χ3v) is 4.21. The van der Waals surface area contributed by atoms with Crippen molar-refractivity contribution in [3.8, 4) is 11.8 Å². The van der Waals surface area contributed by atoms with Gasteiger partial charge in [0, 0.05) is 6.07 Å². The van der Waals surface area contributed by atoms with Gasteiger partial charge in [0.15, 0.2) is 5.13 Å². The van der Waals surface area contributed by atoms with E-state index in [1.807, 2.05) is 0 Å². The van der Waals surface area contributed by atoms with Crippen LogP contribution in [-0.2, 0) is 15.8 Å². The molecule has 0 radical (unpaired) electrons. The molecule has 0 fully saturated rings. The van der Waals surface area contributed by atoms with Crippen molar-refractivity contribution in [3.05, 3.63) is 28.6 Å². The van der Waals surface area contributed by atoms with Gasteiger partial charge in [-0.25, -0.2) is 13.4 Å². The lowest BCUT2D eigenvalue weighted by Gasteiger charge is -2.01. The fraction of sp³-hybridized carbons (Fsp3) is 0.273. The summed E-state index contributed by atoms with van der Waals surface area (Å²) < 4.78 is 31.0. The number of aryl methyl sites for hydroxylation is 1. The normalized spacial score (nSPS) is 10.9. The van der Waals surface area contributed by atoms with E-state index in [-0.39, 0.29) is 17.4 Å². The fourth-order valence-corrected chi connectivity index (χ4v) is 3.37. The van der Waals surface area contributed by atoms with E-state index in [0.29, 0.717) is 16.3 Å². The first-order valence-corrected chi connectivity index (χ1v) is 8.03. The second-order valence-corrected chi connectivity index (χ2v) is 6.58. The Hall–Kier alpha value is -1.89. The molecule has 2 aromatic heterocycles. The first-order valence-electron chi connectivity index (χ1n) is 5.56. The molecule has 0 saturated carbocycles. The molecule has 0 atom stereocenters. The van der Waals surface area contributed by atoms with Crippen LogP contribution >= 0.6 is 11.3 Å². The summed E-state index contributed by atoms with van der Waals surface area (Å²) in [7, 11) is -3.58. The molecular weight excluding hydrogens is 300 g/mol. The minimum atomic E-state index is -3.58. The number of hydrogen-bond donors (Lipinski definition) is 2. The standard InChI is InChI=1S/C11H12N4O3S2/c1-8-5-9(14-18-8)7-20(16,17)15-11-13-6-10(19-11)3-2-4-12/h5-6H,4,7,12H2,1H3,(H,13,15). The second-order valence-electron chi connectivity index (χ2n) is 3.83. The maximum Gasteiger partial charge on any atom is 0.240 e. The molecule has 0 aliphatic rings. The van der Waals surface area contributed by atoms with Crippen molar-refractivity contribution in [3.63, 3.8) is 0 Å². The first kappa shape index (κ1) is 14.5. The molecule has 3 N–H and O–H groups in total. The predicted octanol–water partition coefficient (Wildman–Crippen LogP) is 0.692. The summed E-state index contributed by atoms with van der Waals surface area (Å²) in [5, 5.41) is 3.90. The maximum absolute atomic E-state index is 11.9. The minimum Gasteiger partial charge on any atom is -0.361 e. The molecule has 2 heterocycles. The summed E-state index contributed by atoms with van der Waals surface area (Å²) >= 11 is 1.14. The third-order valence-electron chi connectivity index (χ3n) is 2.08. The number of nitrogens with one attached hydrogen (secondary N) is 1. The van der Waals surface area contributed by atoms with Gasteiger partial charge in [0.2, 0.25) is 10.0 Å². The summed E-state index contributed by atoms with van der Waals surface area (Å²) in [4.78, 5) is 4.59. The summed E-state index contributed by atoms with van der Waals surface area (Å²) in [6, 6.07) is 1.57. The zero-order chi connectivity index (χ0) is 14.6. The molecule has 0 aliphatic heterocycles. The molecule has 0 bridgehead atoms. The molecule has 0 aliphatic carbocycles. The van der Waals surface area contributed by atoms with Crippen molar-refractivity contribution in [1.29, 1.82) is 0 Å². The van der Waals surface area contributed by atoms with Crippen LogP contribution in [0.5, 0.6) is 0 Å². The van der Waals surface area contributed by atoms with Crippen LogP contribution in [0, 0.1) is 18.8 Å². The Bertz CT molecular complexity index is 752. The topological polar surface area (TPSA) is 111 Å². The van der Waals surface area contributed by atoms with Crippen molar-refractivity contribution in [2.45, 2.75) is 12.7 Å². The highest BCUT2D eigenvalue weighted by Gasteiger charge is 2.16. The van der Waals surface area contributed by atoms with Gasteiger partial charge in [-0.05, 0) is 6.92 Å². The van der Waals surface area contributed by atoms with E-state index in [4.69, 9.17) is 10.3 Å². The van der Waals surface area contributed by atoms with Crippen LogP contribution in [0.4, 0.5) is 5.13 Å². The van der Waals surface area contributed by atoms with Gasteiger partial charge in [-0.1, -0.05) is 28.3 Å². The van der Waals surface area contributed by atoms with Gasteiger partial charge in [0.05, 0.1) is 17.6 Å². The number of aromatic nitrogens is 2. The van der Waals surface area contributed by atoms with E-state index in [2.05, 4.69) is 26.7 Å². The number of anilines is 1. The first-order chi connectivity index (χ1) is 9.48. The number of thiazole rings is 1. The Morgan fingerprint density at radius 1 is 1.55 bits per heavy atom. The zero-order valence-corrected chi connectivity index (χ0v) is 12.2. The Labute approximate surface area is 120 Å². The molecule has 2 rings (SSSR count). The quantitative estimate of drug-likeness (QED) is 0.804. The second kappa shape index (κ2) is 6.04. The lowest BCUT2D eigenvalue weighted by molar-refractivity contribution is 0.392. The van der Waals surface area contributed by atoms with E-state index < -0.39 is 10.0 Å². The molecule has 9 heteroatoms. The van der Waals surface area contributed by atoms with Crippen LogP contribution in [0.3, 0.4) is 0 Å². The number of rotatable bonds is 4. The van der Waals surface area contributed by atoms with Gasteiger partial charge in [-0.3, -0.25) is 4.72 Å². The van der Waals surface area contributed by atoms with Crippen molar-refractivity contribution >= 4 is 26.5 Å². The van der Waals surface area contributed by atoms with Crippen LogP contribution < -0.4 is 10.5 Å². The van der Waals surface area contributed by atoms with Crippen molar-refractivity contribution in [2.75, 3.05) is 11.3 Å². The summed E-state index contributed by atoms with van der Waals surface area (Å²) in [5.74, 6) is 5.74. The van der Waals surface area contributed by atoms with Crippen molar-refractivity contribution < 1.29 is 12.9 Å². The molecule has 0 aromatic carbocycles. The van der Waals surface area contributed by atoms with Gasteiger partial charge >= 0.3 is 0 Å². The van der Waals surface area contributed by atoms with Gasteiger partial charge in [-0.2, -0.15) is 0 Å². The van der Waals surface area contributed by atoms with E-state index in [9.17, 15) is 8.42 Å².